The van der Waals surface area contributed by atoms with E-state index >= 15 is 0 Å². The summed E-state index contributed by atoms with van der Waals surface area (Å²) < 4.78 is 0.499. The highest BCUT2D eigenvalue weighted by molar-refractivity contribution is 5.94. The van der Waals surface area contributed by atoms with Gasteiger partial charge >= 0.3 is 0 Å². The monoisotopic (exact) mass is 237 g/mol. The molecule has 0 amide bonds. The van der Waals surface area contributed by atoms with Crippen LogP contribution >= 0.6 is 0 Å². The van der Waals surface area contributed by atoms with Crippen molar-refractivity contribution in [1.82, 2.24) is 5.10 Å². The van der Waals surface area contributed by atoms with E-state index < -0.39 is 0 Å². The second-order valence-corrected chi connectivity index (χ2v) is 3.98. The Hall–Kier alpha value is -2.62. The highest BCUT2D eigenvalue weighted by atomic mass is 16.3. The molecule has 0 bridgehead atoms. The van der Waals surface area contributed by atoms with E-state index in [1.807, 2.05) is 24.3 Å². The van der Waals surface area contributed by atoms with Gasteiger partial charge < -0.3 is 0 Å². The van der Waals surface area contributed by atoms with Crippen molar-refractivity contribution < 1.29 is 4.54 Å². The quantitative estimate of drug-likeness (QED) is 0.558. The molecule has 1 heterocycles. The number of hydrogen-bond donors (Lipinski definition) is 0. The standard InChI is InChI=1S/C14H9N2O2/c17-11-5-6-14-13(9-11)12-4-2-1-3-10(12)7-8-16(18)15-14/h1-9H/q+1. The maximum atomic E-state index is 11.5. The molecule has 0 saturated heterocycles. The average Bonchev–Trinajstić information content (AvgIpc) is 2.37. The lowest BCUT2D eigenvalue weighted by molar-refractivity contribution is -0.562. The molecule has 18 heavy (non-hydrogen) atoms. The second kappa shape index (κ2) is 4.00. The van der Waals surface area contributed by atoms with Gasteiger partial charge in [-0.1, -0.05) is 24.3 Å². The zero-order chi connectivity index (χ0) is 12.5. The fourth-order valence-corrected chi connectivity index (χ4v) is 1.99. The van der Waals surface area contributed by atoms with Crippen LogP contribution in [0.4, 0.5) is 0 Å². The zero-order valence-electron chi connectivity index (χ0n) is 9.41. The van der Waals surface area contributed by atoms with E-state index in [2.05, 4.69) is 5.10 Å². The van der Waals surface area contributed by atoms with Crippen molar-refractivity contribution in [3.63, 3.8) is 0 Å². The Balaban J connectivity index is 2.63. The molecule has 0 radical (unpaired) electrons. The summed E-state index contributed by atoms with van der Waals surface area (Å²) in [4.78, 5) is 23.0. The van der Waals surface area contributed by atoms with Crippen molar-refractivity contribution in [2.75, 3.05) is 0 Å². The first kappa shape index (κ1) is 10.5. The third-order valence-corrected chi connectivity index (χ3v) is 2.81. The van der Waals surface area contributed by atoms with Crippen LogP contribution < -0.4 is 9.97 Å². The van der Waals surface area contributed by atoms with Gasteiger partial charge in [0, 0.05) is 11.6 Å². The molecule has 1 aromatic carbocycles. The zero-order valence-corrected chi connectivity index (χ0v) is 9.41. The van der Waals surface area contributed by atoms with Gasteiger partial charge in [0.05, 0.1) is 10.0 Å². The van der Waals surface area contributed by atoms with Crippen LogP contribution in [0.2, 0.25) is 0 Å². The summed E-state index contributed by atoms with van der Waals surface area (Å²) in [6.07, 6.45) is 1.35. The van der Waals surface area contributed by atoms with E-state index in [9.17, 15) is 9.70 Å². The largest absolute Gasteiger partial charge is 0.290 e. The van der Waals surface area contributed by atoms with Gasteiger partial charge in [0.15, 0.2) is 9.97 Å². The van der Waals surface area contributed by atoms with Crippen LogP contribution in [0.25, 0.3) is 22.0 Å². The molecule has 0 atom stereocenters. The molecule has 86 valence electrons. The molecule has 3 rings (SSSR count). The molecule has 0 fully saturated rings. The molecule has 0 aromatic heterocycles. The van der Waals surface area contributed by atoms with Gasteiger partial charge in [0.1, 0.15) is 5.69 Å². The minimum atomic E-state index is -0.0965. The molecule has 4 heteroatoms. The number of aromatic nitrogens is 2. The fourth-order valence-electron chi connectivity index (χ4n) is 1.99. The minimum absolute atomic E-state index is 0.0965. The van der Waals surface area contributed by atoms with Crippen LogP contribution in [0.5, 0.6) is 0 Å². The first-order valence-corrected chi connectivity index (χ1v) is 5.51. The average molecular weight is 237 g/mol. The Labute approximate surface area is 102 Å². The molecule has 0 spiro atoms. The summed E-state index contributed by atoms with van der Waals surface area (Å²) in [7, 11) is 0. The Morgan fingerprint density at radius 1 is 1.00 bits per heavy atom. The molecular formula is C14H9N2O2+. The lowest BCUT2D eigenvalue weighted by atomic mass is 10.0. The molecular weight excluding hydrogens is 228 g/mol. The Bertz CT molecular complexity index is 831. The van der Waals surface area contributed by atoms with E-state index in [1.165, 1.54) is 18.3 Å². The third kappa shape index (κ3) is 1.73. The Morgan fingerprint density at radius 3 is 2.72 bits per heavy atom. The van der Waals surface area contributed by atoms with Gasteiger partial charge in [0.2, 0.25) is 0 Å². The highest BCUT2D eigenvalue weighted by Crippen LogP contribution is 2.24. The highest BCUT2D eigenvalue weighted by Gasteiger charge is 2.09. The molecule has 4 nitrogen and oxygen atoms in total. The molecule has 0 N–H and O–H groups in total. The summed E-state index contributed by atoms with van der Waals surface area (Å²) in [6, 6.07) is 13.8. The molecule has 0 unspecified atom stereocenters. The van der Waals surface area contributed by atoms with Crippen LogP contribution in [0, 0.1) is 4.91 Å². The first-order valence-electron chi connectivity index (χ1n) is 5.51. The molecule has 2 aliphatic rings. The number of hydrogen-bond acceptors (Lipinski definition) is 3. The second-order valence-electron chi connectivity index (χ2n) is 3.98. The van der Waals surface area contributed by atoms with Crippen LogP contribution in [-0.2, 0) is 0 Å². The van der Waals surface area contributed by atoms with Crippen molar-refractivity contribution in [3.05, 3.63) is 69.9 Å². The summed E-state index contributed by atoms with van der Waals surface area (Å²) in [5.74, 6) is 0. The topological polar surface area (TPSA) is 52.9 Å². The van der Waals surface area contributed by atoms with Crippen molar-refractivity contribution in [2.45, 2.75) is 0 Å². The van der Waals surface area contributed by atoms with Gasteiger partial charge in [-0.25, -0.2) is 0 Å². The fraction of sp³-hybridized carbons (Fsp3) is 0. The lowest BCUT2D eigenvalue weighted by Crippen LogP contribution is -2.17. The Morgan fingerprint density at radius 2 is 1.83 bits per heavy atom. The van der Waals surface area contributed by atoms with E-state index in [-0.39, 0.29) is 5.43 Å². The predicted octanol–water partition coefficient (Wildman–Crippen LogP) is 1.61. The molecule has 1 aliphatic carbocycles. The maximum Gasteiger partial charge on any atom is 0.260 e. The summed E-state index contributed by atoms with van der Waals surface area (Å²) in [6.45, 7) is 0. The van der Waals surface area contributed by atoms with Crippen molar-refractivity contribution in [1.29, 1.82) is 0 Å². The SMILES string of the molecule is O=c1ccc2n[n+](=O)ccc3ccccc3c-2c1. The van der Waals surface area contributed by atoms with E-state index in [0.717, 1.165) is 10.8 Å². The molecule has 1 aliphatic heterocycles. The third-order valence-electron chi connectivity index (χ3n) is 2.81. The smallest absolute Gasteiger partial charge is 0.260 e. The van der Waals surface area contributed by atoms with Crippen molar-refractivity contribution >= 4 is 10.8 Å². The van der Waals surface area contributed by atoms with Crippen LogP contribution in [-0.4, -0.2) is 5.10 Å². The number of benzene rings is 2. The van der Waals surface area contributed by atoms with Gasteiger partial charge in [-0.05, 0) is 29.0 Å². The number of rotatable bonds is 0. The van der Waals surface area contributed by atoms with Gasteiger partial charge in [0.25, 0.3) is 6.20 Å². The summed E-state index contributed by atoms with van der Waals surface area (Å²) in [5.41, 5.74) is 1.09. The van der Waals surface area contributed by atoms with Crippen LogP contribution in [0.15, 0.2) is 59.5 Å². The van der Waals surface area contributed by atoms with E-state index in [4.69, 9.17) is 0 Å². The molecule has 0 saturated carbocycles. The Kier molecular flexibility index (Phi) is 2.34. The van der Waals surface area contributed by atoms with Crippen LogP contribution in [0.1, 0.15) is 0 Å². The molecule has 1 aromatic rings. The maximum absolute atomic E-state index is 11.5. The van der Waals surface area contributed by atoms with Crippen molar-refractivity contribution in [3.8, 4) is 11.3 Å². The predicted molar refractivity (Wildman–Crippen MR) is 68.0 cm³/mol. The summed E-state index contributed by atoms with van der Waals surface area (Å²) in [5, 5.41) is 5.68. The van der Waals surface area contributed by atoms with E-state index in [0.29, 0.717) is 15.8 Å². The van der Waals surface area contributed by atoms with Crippen molar-refractivity contribution in [2.24, 2.45) is 0 Å². The van der Waals surface area contributed by atoms with Gasteiger partial charge in [-0.3, -0.25) is 4.79 Å². The van der Waals surface area contributed by atoms with Gasteiger partial charge in [-0.2, -0.15) is 0 Å². The normalized spacial score (nSPS) is 10.7. The van der Waals surface area contributed by atoms with E-state index in [1.54, 1.807) is 12.1 Å². The summed E-state index contributed by atoms with van der Waals surface area (Å²) >= 11 is 0. The first-order chi connectivity index (χ1) is 8.74. The van der Waals surface area contributed by atoms with Crippen LogP contribution in [0.3, 0.4) is 0 Å². The minimum Gasteiger partial charge on any atom is -0.290 e. The number of fused-ring (bicyclic) bond motifs is 3. The van der Waals surface area contributed by atoms with Gasteiger partial charge in [-0.15, -0.1) is 0 Å². The number of nitrogens with zero attached hydrogens (tertiary/aromatic N) is 2. The lowest BCUT2D eigenvalue weighted by Gasteiger charge is -2.01.